The van der Waals surface area contributed by atoms with Crippen LogP contribution in [0.1, 0.15) is 16.2 Å². The van der Waals surface area contributed by atoms with E-state index in [0.29, 0.717) is 13.0 Å². The smallest absolute Gasteiger partial charge is 0.356 e. The molecular weight excluding hydrogens is 262 g/mol. The highest BCUT2D eigenvalue weighted by Gasteiger charge is 2.12. The van der Waals surface area contributed by atoms with Crippen molar-refractivity contribution in [3.8, 4) is 0 Å². The summed E-state index contributed by atoms with van der Waals surface area (Å²) in [5.41, 5.74) is -0.0517. The van der Waals surface area contributed by atoms with Crippen molar-refractivity contribution in [3.05, 3.63) is 48.2 Å². The fraction of sp³-hybridized carbons (Fsp3) is 0.154. The zero-order valence-electron chi connectivity index (χ0n) is 10.5. The second-order valence-corrected chi connectivity index (χ2v) is 3.91. The van der Waals surface area contributed by atoms with Gasteiger partial charge in [0.25, 0.3) is 0 Å². The van der Waals surface area contributed by atoms with Crippen LogP contribution < -0.4 is 10.6 Å². The van der Waals surface area contributed by atoms with E-state index in [4.69, 9.17) is 9.52 Å². The van der Waals surface area contributed by atoms with E-state index in [1.54, 1.807) is 18.4 Å². The number of aromatic carboxylic acids is 1. The topological polar surface area (TPSA) is 104 Å². The normalized spacial score (nSPS) is 10.0. The number of amides is 2. The molecule has 2 heterocycles. The van der Waals surface area contributed by atoms with Gasteiger partial charge in [0.2, 0.25) is 0 Å². The van der Waals surface area contributed by atoms with E-state index in [0.717, 1.165) is 5.76 Å². The molecule has 20 heavy (non-hydrogen) atoms. The molecule has 0 aromatic carbocycles. The number of rotatable bonds is 5. The summed E-state index contributed by atoms with van der Waals surface area (Å²) in [6.45, 7) is 0.377. The first-order valence-electron chi connectivity index (χ1n) is 5.92. The van der Waals surface area contributed by atoms with Crippen molar-refractivity contribution in [3.63, 3.8) is 0 Å². The molecule has 0 saturated carbocycles. The van der Waals surface area contributed by atoms with Gasteiger partial charge in [0.15, 0.2) is 5.69 Å². The number of urea groups is 1. The molecule has 0 aliphatic carbocycles. The van der Waals surface area contributed by atoms with Gasteiger partial charge in [-0.2, -0.15) is 0 Å². The molecular formula is C13H13N3O4. The van der Waals surface area contributed by atoms with E-state index in [1.807, 2.05) is 6.07 Å². The van der Waals surface area contributed by atoms with Gasteiger partial charge in [0.05, 0.1) is 12.0 Å². The van der Waals surface area contributed by atoms with Gasteiger partial charge in [0, 0.05) is 19.2 Å². The fourth-order valence-electron chi connectivity index (χ4n) is 1.60. The van der Waals surface area contributed by atoms with E-state index < -0.39 is 12.0 Å². The Labute approximate surface area is 114 Å². The second kappa shape index (κ2) is 6.37. The number of carboxylic acids is 1. The molecule has 3 N–H and O–H groups in total. The van der Waals surface area contributed by atoms with Gasteiger partial charge in [-0.1, -0.05) is 0 Å². The number of pyridine rings is 1. The van der Waals surface area contributed by atoms with Crippen molar-refractivity contribution in [2.75, 3.05) is 11.9 Å². The number of nitrogens with zero attached hydrogens (tertiary/aromatic N) is 1. The lowest BCUT2D eigenvalue weighted by molar-refractivity contribution is 0.0691. The summed E-state index contributed by atoms with van der Waals surface area (Å²) in [6.07, 6.45) is 3.47. The van der Waals surface area contributed by atoms with Crippen LogP contribution in [0.4, 0.5) is 10.5 Å². The largest absolute Gasteiger partial charge is 0.476 e. The quantitative estimate of drug-likeness (QED) is 0.770. The molecule has 2 amide bonds. The van der Waals surface area contributed by atoms with Gasteiger partial charge >= 0.3 is 12.0 Å². The Morgan fingerprint density at radius 3 is 2.85 bits per heavy atom. The average molecular weight is 275 g/mol. The molecule has 0 aliphatic heterocycles. The number of carbonyl (C=O) groups is 2. The fourth-order valence-corrected chi connectivity index (χ4v) is 1.60. The molecule has 0 radical (unpaired) electrons. The Morgan fingerprint density at radius 2 is 2.15 bits per heavy atom. The number of carbonyl (C=O) groups excluding carboxylic acids is 1. The van der Waals surface area contributed by atoms with E-state index >= 15 is 0 Å². The molecule has 0 aliphatic rings. The number of hydrogen-bond acceptors (Lipinski definition) is 4. The first-order valence-corrected chi connectivity index (χ1v) is 5.92. The van der Waals surface area contributed by atoms with Crippen LogP contribution in [0.3, 0.4) is 0 Å². The first-order chi connectivity index (χ1) is 9.66. The first kappa shape index (κ1) is 13.6. The van der Waals surface area contributed by atoms with Crippen molar-refractivity contribution < 1.29 is 19.1 Å². The monoisotopic (exact) mass is 275 g/mol. The standard InChI is InChI=1S/C13H13N3O4/c17-12(18)11-10(4-1-6-14-11)16-13(19)15-7-5-9-3-2-8-20-9/h1-4,6,8H,5,7H2,(H,17,18)(H2,15,16,19). The van der Waals surface area contributed by atoms with Gasteiger partial charge < -0.3 is 20.2 Å². The van der Waals surface area contributed by atoms with Crippen LogP contribution >= 0.6 is 0 Å². The van der Waals surface area contributed by atoms with E-state index in [-0.39, 0.29) is 11.4 Å². The van der Waals surface area contributed by atoms with Gasteiger partial charge in [-0.15, -0.1) is 0 Å². The highest BCUT2D eigenvalue weighted by molar-refractivity contribution is 5.98. The van der Waals surface area contributed by atoms with Crippen LogP contribution in [0.15, 0.2) is 41.1 Å². The summed E-state index contributed by atoms with van der Waals surface area (Å²) in [4.78, 5) is 26.3. The van der Waals surface area contributed by atoms with Gasteiger partial charge in [-0.3, -0.25) is 0 Å². The molecule has 7 heteroatoms. The Balaban J connectivity index is 1.87. The number of nitrogens with one attached hydrogen (secondary N) is 2. The molecule has 2 aromatic heterocycles. The molecule has 0 atom stereocenters. The van der Waals surface area contributed by atoms with E-state index in [1.165, 1.54) is 12.3 Å². The molecule has 0 fully saturated rings. The van der Waals surface area contributed by atoms with Crippen molar-refractivity contribution >= 4 is 17.7 Å². The van der Waals surface area contributed by atoms with Crippen molar-refractivity contribution in [1.82, 2.24) is 10.3 Å². The van der Waals surface area contributed by atoms with Crippen LogP contribution in [0.2, 0.25) is 0 Å². The third-order valence-corrected chi connectivity index (χ3v) is 2.50. The van der Waals surface area contributed by atoms with Crippen molar-refractivity contribution in [2.45, 2.75) is 6.42 Å². The van der Waals surface area contributed by atoms with Crippen molar-refractivity contribution in [2.24, 2.45) is 0 Å². The van der Waals surface area contributed by atoms with Crippen molar-refractivity contribution in [1.29, 1.82) is 0 Å². The molecule has 2 rings (SSSR count). The maximum Gasteiger partial charge on any atom is 0.356 e. The Hall–Kier alpha value is -2.83. The Morgan fingerprint density at radius 1 is 1.30 bits per heavy atom. The summed E-state index contributed by atoms with van der Waals surface area (Å²) in [5.74, 6) is -0.436. The van der Waals surface area contributed by atoms with E-state index in [2.05, 4.69) is 15.6 Å². The summed E-state index contributed by atoms with van der Waals surface area (Å²) in [5, 5.41) is 14.0. The minimum atomic E-state index is -1.20. The third kappa shape index (κ3) is 3.58. The van der Waals surface area contributed by atoms with Gasteiger partial charge in [0.1, 0.15) is 5.76 Å². The zero-order chi connectivity index (χ0) is 14.4. The van der Waals surface area contributed by atoms with Crippen LogP contribution in [0.25, 0.3) is 0 Å². The number of anilines is 1. The number of carboxylic acid groups (broad SMARTS) is 1. The number of hydrogen-bond donors (Lipinski definition) is 3. The Kier molecular flexibility index (Phi) is 4.33. The van der Waals surface area contributed by atoms with Crippen LogP contribution in [-0.2, 0) is 6.42 Å². The molecule has 0 saturated heterocycles. The Bertz CT molecular complexity index is 595. The van der Waals surface area contributed by atoms with Crippen LogP contribution in [0.5, 0.6) is 0 Å². The molecule has 104 valence electrons. The lowest BCUT2D eigenvalue weighted by Gasteiger charge is -2.08. The van der Waals surface area contributed by atoms with E-state index in [9.17, 15) is 9.59 Å². The van der Waals surface area contributed by atoms with Gasteiger partial charge in [-0.05, 0) is 24.3 Å². The molecule has 0 unspecified atom stereocenters. The van der Waals surface area contributed by atoms with Crippen LogP contribution in [0, 0.1) is 0 Å². The molecule has 0 spiro atoms. The third-order valence-electron chi connectivity index (χ3n) is 2.50. The lowest BCUT2D eigenvalue weighted by atomic mass is 10.3. The highest BCUT2D eigenvalue weighted by Crippen LogP contribution is 2.11. The molecule has 2 aromatic rings. The maximum atomic E-state index is 11.6. The average Bonchev–Trinajstić information content (AvgIpc) is 2.92. The minimum absolute atomic E-state index is 0.149. The molecule has 0 bridgehead atoms. The lowest BCUT2D eigenvalue weighted by Crippen LogP contribution is -2.31. The highest BCUT2D eigenvalue weighted by atomic mass is 16.4. The van der Waals surface area contributed by atoms with Crippen LogP contribution in [-0.4, -0.2) is 28.6 Å². The second-order valence-electron chi connectivity index (χ2n) is 3.91. The number of furan rings is 1. The number of aromatic nitrogens is 1. The molecule has 7 nitrogen and oxygen atoms in total. The van der Waals surface area contributed by atoms with Gasteiger partial charge in [-0.25, -0.2) is 14.6 Å². The minimum Gasteiger partial charge on any atom is -0.476 e. The predicted octanol–water partition coefficient (Wildman–Crippen LogP) is 1.74. The SMILES string of the molecule is O=C(NCCc1ccco1)Nc1cccnc1C(=O)O. The summed E-state index contributed by atoms with van der Waals surface area (Å²) in [6, 6.07) is 6.10. The maximum absolute atomic E-state index is 11.6. The summed E-state index contributed by atoms with van der Waals surface area (Å²) in [7, 11) is 0. The predicted molar refractivity (Wildman–Crippen MR) is 70.6 cm³/mol. The summed E-state index contributed by atoms with van der Waals surface area (Å²) < 4.78 is 5.12. The zero-order valence-corrected chi connectivity index (χ0v) is 10.5. The summed E-state index contributed by atoms with van der Waals surface area (Å²) >= 11 is 0.